The minimum atomic E-state index is -2.08. The fourth-order valence-electron chi connectivity index (χ4n) is 1.63. The van der Waals surface area contributed by atoms with E-state index >= 15 is 0 Å². The number of nitrogens with one attached hydrogen (secondary N) is 1. The summed E-state index contributed by atoms with van der Waals surface area (Å²) >= 11 is 6.32. The van der Waals surface area contributed by atoms with E-state index in [0.717, 1.165) is 21.9 Å². The monoisotopic (exact) mass is 314 g/mol. The van der Waals surface area contributed by atoms with E-state index in [1.54, 1.807) is 7.11 Å². The second kappa shape index (κ2) is 6.19. The topological polar surface area (TPSA) is 51.2 Å². The van der Waals surface area contributed by atoms with Crippen LogP contribution in [0.3, 0.4) is 0 Å². The van der Waals surface area contributed by atoms with E-state index in [9.17, 15) is 9.18 Å². The van der Waals surface area contributed by atoms with Gasteiger partial charge in [-0.2, -0.15) is 0 Å². The van der Waals surface area contributed by atoms with Crippen LogP contribution < -0.4 is 10.1 Å². The number of methoxy groups -OCH3 is 1. The maximum absolute atomic E-state index is 12.6. The van der Waals surface area contributed by atoms with E-state index in [0.29, 0.717) is 5.13 Å². The Morgan fingerprint density at radius 1 is 1.45 bits per heavy atom. The summed E-state index contributed by atoms with van der Waals surface area (Å²) in [5, 5.41) is 2.65. The molecule has 0 aliphatic heterocycles. The molecule has 0 radical (unpaired) electrons. The van der Waals surface area contributed by atoms with Crippen LogP contribution in [-0.4, -0.2) is 23.6 Å². The van der Waals surface area contributed by atoms with Crippen LogP contribution in [0.2, 0.25) is 0 Å². The van der Waals surface area contributed by atoms with Gasteiger partial charge in [-0.3, -0.25) is 10.1 Å². The maximum atomic E-state index is 12.6. The van der Waals surface area contributed by atoms with Gasteiger partial charge < -0.3 is 4.74 Å². The number of aromatic nitrogens is 1. The van der Waals surface area contributed by atoms with Crippen molar-refractivity contribution in [2.75, 3.05) is 12.4 Å². The summed E-state index contributed by atoms with van der Waals surface area (Å²) in [5.41, 5.74) is -0.454. The van der Waals surface area contributed by atoms with Gasteiger partial charge in [0, 0.05) is 10.4 Å². The van der Waals surface area contributed by atoms with E-state index in [4.69, 9.17) is 16.3 Å². The number of carbonyl (C=O) groups excluding carboxylic acids is 1. The Bertz CT molecular complexity index is 613. The van der Waals surface area contributed by atoms with Crippen molar-refractivity contribution < 1.29 is 13.9 Å². The molecule has 0 saturated heterocycles. The van der Waals surface area contributed by atoms with Crippen molar-refractivity contribution in [3.05, 3.63) is 29.1 Å². The third-order valence-electron chi connectivity index (χ3n) is 2.59. The maximum Gasteiger partial charge on any atom is 0.276 e. The third-order valence-corrected chi connectivity index (χ3v) is 3.67. The van der Waals surface area contributed by atoms with Crippen molar-refractivity contribution >= 4 is 34.0 Å². The first-order chi connectivity index (χ1) is 9.51. The molecule has 1 aromatic carbocycles. The lowest BCUT2D eigenvalue weighted by atomic mass is 10.1. The van der Waals surface area contributed by atoms with Gasteiger partial charge in [0.25, 0.3) is 11.5 Å². The molecule has 0 aliphatic carbocycles. The lowest BCUT2D eigenvalue weighted by Gasteiger charge is -2.02. The van der Waals surface area contributed by atoms with Crippen molar-refractivity contribution in [3.8, 4) is 17.0 Å². The molecule has 2 rings (SSSR count). The number of hydrogen-bond donors (Lipinski definition) is 1. The molecule has 1 amide bonds. The smallest absolute Gasteiger partial charge is 0.276 e. The Hall–Kier alpha value is -1.66. The summed E-state index contributed by atoms with van der Waals surface area (Å²) in [6.07, 6.45) is 0. The summed E-state index contributed by atoms with van der Waals surface area (Å²) in [4.78, 5) is 16.4. The Labute approximate surface area is 124 Å². The highest BCUT2D eigenvalue weighted by Gasteiger charge is 2.17. The Balaban J connectivity index is 2.24. The summed E-state index contributed by atoms with van der Waals surface area (Å²) in [6.45, 7) is 1.88. The van der Waals surface area contributed by atoms with Gasteiger partial charge in [-0.25, -0.2) is 9.37 Å². The second-order valence-electron chi connectivity index (χ2n) is 3.94. The van der Waals surface area contributed by atoms with Crippen LogP contribution in [0.5, 0.6) is 5.75 Å². The van der Waals surface area contributed by atoms with Crippen LogP contribution in [0, 0.1) is 6.92 Å². The van der Waals surface area contributed by atoms with Crippen molar-refractivity contribution in [2.24, 2.45) is 0 Å². The van der Waals surface area contributed by atoms with Crippen LogP contribution in [-0.2, 0) is 4.79 Å². The predicted molar refractivity (Wildman–Crippen MR) is 78.2 cm³/mol. The van der Waals surface area contributed by atoms with Crippen LogP contribution in [0.4, 0.5) is 9.52 Å². The third kappa shape index (κ3) is 3.26. The van der Waals surface area contributed by atoms with E-state index in [1.165, 1.54) is 11.3 Å². The number of rotatable bonds is 4. The molecular weight excluding hydrogens is 303 g/mol. The standard InChI is InChI=1S/C13H12ClFN2O2S/c1-7-10(8-3-5-9(19-2)6-4-8)16-13(20-7)17-12(18)11(14)15/h3-6,11H,1-2H3,(H,16,17,18). The first-order valence-corrected chi connectivity index (χ1v) is 6.97. The van der Waals surface area contributed by atoms with Gasteiger partial charge in [0.2, 0.25) is 0 Å². The van der Waals surface area contributed by atoms with E-state index in [-0.39, 0.29) is 0 Å². The average molecular weight is 315 g/mol. The van der Waals surface area contributed by atoms with Gasteiger partial charge in [0.15, 0.2) is 5.13 Å². The normalized spacial score (nSPS) is 12.0. The van der Waals surface area contributed by atoms with Gasteiger partial charge in [-0.1, -0.05) is 11.6 Å². The molecule has 4 nitrogen and oxygen atoms in total. The van der Waals surface area contributed by atoms with Gasteiger partial charge >= 0.3 is 0 Å². The lowest BCUT2D eigenvalue weighted by Crippen LogP contribution is -2.19. The Kier molecular flexibility index (Phi) is 4.57. The number of aryl methyl sites for hydroxylation is 1. The molecule has 1 atom stereocenters. The first-order valence-electron chi connectivity index (χ1n) is 5.72. The highest BCUT2D eigenvalue weighted by molar-refractivity contribution is 7.16. The largest absolute Gasteiger partial charge is 0.497 e. The molecule has 0 bridgehead atoms. The second-order valence-corrected chi connectivity index (χ2v) is 5.53. The highest BCUT2D eigenvalue weighted by Crippen LogP contribution is 2.31. The van der Waals surface area contributed by atoms with Crippen LogP contribution in [0.25, 0.3) is 11.3 Å². The zero-order chi connectivity index (χ0) is 14.7. The molecule has 2 aromatic rings. The molecule has 1 aromatic heterocycles. The van der Waals surface area contributed by atoms with Gasteiger partial charge in [-0.15, -0.1) is 11.3 Å². The molecule has 1 heterocycles. The molecule has 7 heteroatoms. The Morgan fingerprint density at radius 3 is 2.65 bits per heavy atom. The zero-order valence-electron chi connectivity index (χ0n) is 10.8. The number of alkyl halides is 2. The fraction of sp³-hybridized carbons (Fsp3) is 0.231. The fourth-order valence-corrected chi connectivity index (χ4v) is 2.52. The number of hydrogen-bond acceptors (Lipinski definition) is 4. The highest BCUT2D eigenvalue weighted by atomic mass is 35.5. The first kappa shape index (κ1) is 14.7. The number of carbonyl (C=O) groups is 1. The van der Waals surface area contributed by atoms with Crippen molar-refractivity contribution in [2.45, 2.75) is 12.6 Å². The molecule has 0 fully saturated rings. The molecular formula is C13H12ClFN2O2S. The van der Waals surface area contributed by atoms with Crippen LogP contribution in [0.1, 0.15) is 4.88 Å². The van der Waals surface area contributed by atoms with E-state index in [2.05, 4.69) is 10.3 Å². The molecule has 0 spiro atoms. The number of benzene rings is 1. The van der Waals surface area contributed by atoms with Gasteiger partial charge in [-0.05, 0) is 31.2 Å². The summed E-state index contributed by atoms with van der Waals surface area (Å²) < 4.78 is 17.7. The van der Waals surface area contributed by atoms with Gasteiger partial charge in [0.1, 0.15) is 5.75 Å². The average Bonchev–Trinajstić information content (AvgIpc) is 2.79. The van der Waals surface area contributed by atoms with Crippen molar-refractivity contribution in [3.63, 3.8) is 0 Å². The minimum absolute atomic E-state index is 0.321. The molecule has 0 aliphatic rings. The van der Waals surface area contributed by atoms with Crippen LogP contribution >= 0.6 is 22.9 Å². The number of amides is 1. The summed E-state index contributed by atoms with van der Waals surface area (Å²) in [7, 11) is 1.59. The van der Waals surface area contributed by atoms with E-state index in [1.807, 2.05) is 31.2 Å². The Morgan fingerprint density at radius 2 is 2.10 bits per heavy atom. The summed E-state index contributed by atoms with van der Waals surface area (Å²) in [5.74, 6) is -0.167. The quantitative estimate of drug-likeness (QED) is 0.877. The number of nitrogens with zero attached hydrogens (tertiary/aromatic N) is 1. The van der Waals surface area contributed by atoms with E-state index < -0.39 is 11.5 Å². The minimum Gasteiger partial charge on any atom is -0.497 e. The van der Waals surface area contributed by atoms with Crippen molar-refractivity contribution in [1.82, 2.24) is 4.98 Å². The van der Waals surface area contributed by atoms with Crippen molar-refractivity contribution in [1.29, 1.82) is 0 Å². The SMILES string of the molecule is COc1ccc(-c2nc(NC(=O)C(F)Cl)sc2C)cc1. The molecule has 1 N–H and O–H groups in total. The zero-order valence-corrected chi connectivity index (χ0v) is 12.4. The molecule has 20 heavy (non-hydrogen) atoms. The molecule has 106 valence electrons. The lowest BCUT2D eigenvalue weighted by molar-refractivity contribution is -0.118. The number of thiazole rings is 1. The number of ether oxygens (including phenoxy) is 1. The van der Waals surface area contributed by atoms with Gasteiger partial charge in [0.05, 0.1) is 12.8 Å². The number of anilines is 1. The molecule has 1 unspecified atom stereocenters. The summed E-state index contributed by atoms with van der Waals surface area (Å²) in [6, 6.07) is 7.38. The molecule has 0 saturated carbocycles. The number of halogens is 2. The van der Waals surface area contributed by atoms with Crippen LogP contribution in [0.15, 0.2) is 24.3 Å². The predicted octanol–water partition coefficient (Wildman–Crippen LogP) is 3.60.